The Morgan fingerprint density at radius 2 is 1.86 bits per heavy atom. The van der Waals surface area contributed by atoms with Crippen molar-refractivity contribution in [3.8, 4) is 5.75 Å². The Bertz CT molecular complexity index is 1140. The van der Waals surface area contributed by atoms with Crippen molar-refractivity contribution in [1.82, 2.24) is 15.3 Å². The first-order valence-corrected chi connectivity index (χ1v) is 15.3. The standard InChI is InChI=1S/C31H46F4N6O/c1-4-26(37-16-21-9-11-24(36)12-10-21)23-13-20(2)14-30(3,15-23)19-40-28-25(32)18-39-29(41-28)38-17-22-7-5-6-8-27(22)42-31(33,34)35/h5-8,18,20-21,23-24,26,37H,4,9-17,19,36H2,1-3H3,(H2,38,39,40,41)/t20?,21-,23-,24+,26+,30-/m1/s1. The van der Waals surface area contributed by atoms with E-state index in [9.17, 15) is 17.6 Å². The molecule has 0 bridgehead atoms. The van der Waals surface area contributed by atoms with E-state index in [4.69, 9.17) is 5.73 Å². The highest BCUT2D eigenvalue weighted by Crippen LogP contribution is 2.44. The van der Waals surface area contributed by atoms with Crippen molar-refractivity contribution in [3.63, 3.8) is 0 Å². The minimum Gasteiger partial charge on any atom is -0.405 e. The highest BCUT2D eigenvalue weighted by molar-refractivity contribution is 5.43. The van der Waals surface area contributed by atoms with Gasteiger partial charge in [-0.05, 0) is 87.1 Å². The molecule has 0 radical (unpaired) electrons. The monoisotopic (exact) mass is 594 g/mol. The minimum atomic E-state index is -4.80. The number of rotatable bonds is 12. The topological polar surface area (TPSA) is 97.1 Å². The maximum Gasteiger partial charge on any atom is 0.573 e. The molecule has 11 heteroatoms. The van der Waals surface area contributed by atoms with Gasteiger partial charge in [-0.2, -0.15) is 4.98 Å². The quantitative estimate of drug-likeness (QED) is 0.199. The van der Waals surface area contributed by atoms with E-state index < -0.39 is 12.2 Å². The minimum absolute atomic E-state index is 0.0205. The largest absolute Gasteiger partial charge is 0.573 e. The molecule has 42 heavy (non-hydrogen) atoms. The lowest BCUT2D eigenvalue weighted by atomic mass is 9.64. The van der Waals surface area contributed by atoms with Gasteiger partial charge in [0.05, 0.1) is 6.20 Å². The zero-order valence-corrected chi connectivity index (χ0v) is 24.9. The van der Waals surface area contributed by atoms with Gasteiger partial charge in [-0.15, -0.1) is 13.2 Å². The van der Waals surface area contributed by atoms with Crippen LogP contribution < -0.4 is 26.4 Å². The number of halogens is 4. The van der Waals surface area contributed by atoms with Crippen molar-refractivity contribution in [2.24, 2.45) is 28.9 Å². The summed E-state index contributed by atoms with van der Waals surface area (Å²) in [7, 11) is 0. The van der Waals surface area contributed by atoms with Crippen LogP contribution in [0.4, 0.5) is 29.3 Å². The van der Waals surface area contributed by atoms with Gasteiger partial charge in [0, 0.05) is 30.7 Å². The van der Waals surface area contributed by atoms with Gasteiger partial charge < -0.3 is 26.4 Å². The van der Waals surface area contributed by atoms with Crippen molar-refractivity contribution in [1.29, 1.82) is 0 Å². The second kappa shape index (κ2) is 14.2. The Hall–Kier alpha value is -2.66. The Kier molecular flexibility index (Phi) is 10.9. The number of nitrogens with one attached hydrogen (secondary N) is 3. The van der Waals surface area contributed by atoms with E-state index in [2.05, 4.69) is 51.4 Å². The van der Waals surface area contributed by atoms with Gasteiger partial charge in [0.25, 0.3) is 0 Å². The Labute approximate surface area is 246 Å². The molecule has 0 aliphatic heterocycles. The smallest absolute Gasteiger partial charge is 0.405 e. The average molecular weight is 595 g/mol. The second-order valence-electron chi connectivity index (χ2n) is 12.8. The molecule has 1 aromatic heterocycles. The van der Waals surface area contributed by atoms with E-state index in [1.54, 1.807) is 6.07 Å². The third-order valence-electron chi connectivity index (χ3n) is 8.93. The molecule has 0 amide bonds. The summed E-state index contributed by atoms with van der Waals surface area (Å²) in [5, 5.41) is 10.0. The molecule has 5 N–H and O–H groups in total. The first-order chi connectivity index (χ1) is 19.9. The zero-order chi connectivity index (χ0) is 30.3. The molecule has 4 rings (SSSR count). The summed E-state index contributed by atoms with van der Waals surface area (Å²) in [5.41, 5.74) is 6.32. The molecule has 234 valence electrons. The fourth-order valence-corrected chi connectivity index (χ4v) is 6.97. The lowest BCUT2D eigenvalue weighted by Crippen LogP contribution is -2.46. The van der Waals surface area contributed by atoms with Crippen molar-refractivity contribution in [3.05, 3.63) is 41.8 Å². The third-order valence-corrected chi connectivity index (χ3v) is 8.93. The number of hydrogen-bond acceptors (Lipinski definition) is 7. The summed E-state index contributed by atoms with van der Waals surface area (Å²) in [5.74, 6) is 1.07. The molecule has 7 nitrogen and oxygen atoms in total. The molecule has 4 atom stereocenters. The predicted molar refractivity (Wildman–Crippen MR) is 158 cm³/mol. The summed E-state index contributed by atoms with van der Waals surface area (Å²) in [4.78, 5) is 8.27. The van der Waals surface area contributed by atoms with Crippen molar-refractivity contribution in [2.45, 2.75) is 97.1 Å². The summed E-state index contributed by atoms with van der Waals surface area (Å²) in [6, 6.07) is 6.63. The molecule has 0 spiro atoms. The molecule has 2 saturated carbocycles. The fraction of sp³-hybridized carbons (Fsp3) is 0.677. The van der Waals surface area contributed by atoms with Crippen molar-refractivity contribution in [2.75, 3.05) is 23.7 Å². The van der Waals surface area contributed by atoms with Crippen molar-refractivity contribution >= 4 is 11.8 Å². The van der Waals surface area contributed by atoms with Gasteiger partial charge in [-0.1, -0.05) is 39.0 Å². The Morgan fingerprint density at radius 1 is 1.12 bits per heavy atom. The summed E-state index contributed by atoms with van der Waals surface area (Å²) >= 11 is 0. The molecule has 1 heterocycles. The second-order valence-corrected chi connectivity index (χ2v) is 12.8. The number of ether oxygens (including phenoxy) is 1. The van der Waals surface area contributed by atoms with Crippen LogP contribution in [0.2, 0.25) is 0 Å². The number of hydrogen-bond donors (Lipinski definition) is 4. The van der Waals surface area contributed by atoms with Gasteiger partial charge in [-0.25, -0.2) is 9.37 Å². The predicted octanol–water partition coefficient (Wildman–Crippen LogP) is 6.87. The number of aromatic nitrogens is 2. The van der Waals surface area contributed by atoms with Crippen LogP contribution in [0, 0.1) is 29.0 Å². The molecular weight excluding hydrogens is 548 g/mol. The van der Waals surface area contributed by atoms with Crippen LogP contribution >= 0.6 is 0 Å². The summed E-state index contributed by atoms with van der Waals surface area (Å²) in [6.45, 7) is 8.39. The molecule has 2 aliphatic rings. The van der Waals surface area contributed by atoms with E-state index in [-0.39, 0.29) is 35.0 Å². The van der Waals surface area contributed by atoms with Crippen LogP contribution in [-0.4, -0.2) is 41.5 Å². The summed E-state index contributed by atoms with van der Waals surface area (Å²) < 4.78 is 57.1. The number of nitrogens with two attached hydrogens (primary N) is 1. The molecule has 0 saturated heterocycles. The first-order valence-electron chi connectivity index (χ1n) is 15.3. The van der Waals surface area contributed by atoms with E-state index in [1.165, 1.54) is 37.5 Å². The maximum atomic E-state index is 14.7. The molecular formula is C31H46F4N6O. The lowest BCUT2D eigenvalue weighted by molar-refractivity contribution is -0.274. The molecule has 1 aromatic carbocycles. The number of para-hydroxylation sites is 1. The average Bonchev–Trinajstić information content (AvgIpc) is 2.92. The van der Waals surface area contributed by atoms with E-state index in [0.29, 0.717) is 36.4 Å². The number of alkyl halides is 3. The molecule has 2 aromatic rings. The fourth-order valence-electron chi connectivity index (χ4n) is 6.97. The van der Waals surface area contributed by atoms with Gasteiger partial charge in [-0.3, -0.25) is 0 Å². The van der Waals surface area contributed by atoms with Crippen LogP contribution in [0.3, 0.4) is 0 Å². The van der Waals surface area contributed by atoms with E-state index in [1.807, 2.05) is 0 Å². The van der Waals surface area contributed by atoms with E-state index in [0.717, 1.165) is 44.8 Å². The van der Waals surface area contributed by atoms with Gasteiger partial charge >= 0.3 is 6.36 Å². The van der Waals surface area contributed by atoms with Crippen LogP contribution in [0.25, 0.3) is 0 Å². The SMILES string of the molecule is CC[C@H](NC[C@H]1CC[C@@H](N)CC1)[C@@H]1CC(C)C[C@@](C)(CNc2nc(NCc3ccccc3OC(F)(F)F)ncc2F)C1. The summed E-state index contributed by atoms with van der Waals surface area (Å²) in [6.07, 6.45) is 5.19. The lowest BCUT2D eigenvalue weighted by Gasteiger charge is -2.45. The molecule has 2 aliphatic carbocycles. The first kappa shape index (κ1) is 32.3. The van der Waals surface area contributed by atoms with Gasteiger partial charge in [0.15, 0.2) is 11.6 Å². The van der Waals surface area contributed by atoms with Crippen LogP contribution in [-0.2, 0) is 6.54 Å². The normalized spacial score (nSPS) is 27.3. The van der Waals surface area contributed by atoms with Crippen LogP contribution in [0.15, 0.2) is 30.5 Å². The molecule has 1 unspecified atom stereocenters. The number of benzene rings is 1. The van der Waals surface area contributed by atoms with E-state index >= 15 is 0 Å². The zero-order valence-electron chi connectivity index (χ0n) is 24.9. The van der Waals surface area contributed by atoms with Crippen LogP contribution in [0.1, 0.15) is 77.7 Å². The molecule has 2 fully saturated rings. The Balaban J connectivity index is 1.35. The van der Waals surface area contributed by atoms with Gasteiger partial charge in [0.1, 0.15) is 5.75 Å². The maximum absolute atomic E-state index is 14.7. The van der Waals surface area contributed by atoms with Crippen molar-refractivity contribution < 1.29 is 22.3 Å². The number of anilines is 2. The third kappa shape index (κ3) is 9.42. The van der Waals surface area contributed by atoms with Gasteiger partial charge in [0.2, 0.25) is 5.95 Å². The number of nitrogens with zero attached hydrogens (tertiary/aromatic N) is 2. The Morgan fingerprint density at radius 3 is 2.57 bits per heavy atom. The highest BCUT2D eigenvalue weighted by atomic mass is 19.4. The highest BCUT2D eigenvalue weighted by Gasteiger charge is 2.38. The van der Waals surface area contributed by atoms with Crippen LogP contribution in [0.5, 0.6) is 5.75 Å².